The molecule has 0 bridgehead atoms. The Morgan fingerprint density at radius 2 is 1.61 bits per heavy atom. The molecule has 1 heterocycles. The molecular formula is C23H27IN4O9S. The van der Waals surface area contributed by atoms with Crippen LogP contribution in [0.2, 0.25) is 0 Å². The third-order valence-electron chi connectivity index (χ3n) is 4.75. The Hall–Kier alpha value is -2.70. The summed E-state index contributed by atoms with van der Waals surface area (Å²) < 4.78 is 48.8. The summed E-state index contributed by atoms with van der Waals surface area (Å²) in [5, 5.41) is 15.4. The number of anilines is 2. The van der Waals surface area contributed by atoms with E-state index < -0.39 is 15.0 Å². The summed E-state index contributed by atoms with van der Waals surface area (Å²) in [6, 6.07) is 10.6. The highest BCUT2D eigenvalue weighted by molar-refractivity contribution is 14.1. The van der Waals surface area contributed by atoms with Crippen LogP contribution in [0, 0.1) is 13.7 Å². The molecule has 3 aromatic rings. The van der Waals surface area contributed by atoms with Crippen molar-refractivity contribution in [3.63, 3.8) is 0 Å². The first-order valence-corrected chi connectivity index (χ1v) is 14.3. The molecule has 0 unspecified atom stereocenters. The van der Waals surface area contributed by atoms with Gasteiger partial charge in [0.05, 0.1) is 68.3 Å². The summed E-state index contributed by atoms with van der Waals surface area (Å²) in [7, 11) is -3.46. The van der Waals surface area contributed by atoms with Crippen LogP contribution in [0.25, 0.3) is 10.9 Å². The van der Waals surface area contributed by atoms with Crippen molar-refractivity contribution in [3.8, 4) is 5.75 Å². The molecule has 0 spiro atoms. The number of hydrogen-bond donors (Lipinski definition) is 1. The van der Waals surface area contributed by atoms with Gasteiger partial charge in [0.25, 0.3) is 10.1 Å². The number of halogens is 1. The van der Waals surface area contributed by atoms with Gasteiger partial charge in [0.2, 0.25) is 0 Å². The molecule has 0 saturated carbocycles. The molecule has 0 amide bonds. The number of nitrogens with one attached hydrogen (secondary N) is 1. The van der Waals surface area contributed by atoms with Gasteiger partial charge in [-0.25, -0.2) is 9.97 Å². The van der Waals surface area contributed by atoms with Crippen LogP contribution in [0.5, 0.6) is 5.75 Å². The lowest BCUT2D eigenvalue weighted by molar-refractivity contribution is -0.385. The van der Waals surface area contributed by atoms with Crippen LogP contribution in [-0.2, 0) is 28.5 Å². The number of nitrogens with zero attached hydrogens (tertiary/aromatic N) is 3. The van der Waals surface area contributed by atoms with Gasteiger partial charge in [-0.15, -0.1) is 0 Å². The van der Waals surface area contributed by atoms with E-state index in [0.29, 0.717) is 36.5 Å². The topological polar surface area (TPSA) is 161 Å². The summed E-state index contributed by atoms with van der Waals surface area (Å²) in [6.07, 6.45) is 2.35. The van der Waals surface area contributed by atoms with Gasteiger partial charge in [-0.05, 0) is 40.8 Å². The van der Waals surface area contributed by atoms with Gasteiger partial charge < -0.3 is 24.3 Å². The summed E-state index contributed by atoms with van der Waals surface area (Å²) in [5.74, 6) is 0.529. The zero-order valence-electron chi connectivity index (χ0n) is 20.5. The Morgan fingerprint density at radius 1 is 0.947 bits per heavy atom. The average molecular weight is 662 g/mol. The average Bonchev–Trinajstić information content (AvgIpc) is 2.86. The van der Waals surface area contributed by atoms with Gasteiger partial charge >= 0.3 is 5.69 Å². The highest BCUT2D eigenvalue weighted by Crippen LogP contribution is 2.34. The summed E-state index contributed by atoms with van der Waals surface area (Å²) in [5.41, 5.74) is 1.09. The molecule has 0 atom stereocenters. The van der Waals surface area contributed by atoms with Crippen LogP contribution in [-0.4, -0.2) is 82.4 Å². The molecule has 1 N–H and O–H groups in total. The van der Waals surface area contributed by atoms with Crippen LogP contribution in [0.3, 0.4) is 0 Å². The smallest absolute Gasteiger partial charge is 0.311 e. The largest absolute Gasteiger partial charge is 0.484 e. The molecule has 38 heavy (non-hydrogen) atoms. The number of fused-ring (bicyclic) bond motifs is 1. The lowest BCUT2D eigenvalue weighted by Gasteiger charge is -2.11. The van der Waals surface area contributed by atoms with Crippen molar-refractivity contribution in [2.24, 2.45) is 0 Å². The zero-order valence-corrected chi connectivity index (χ0v) is 23.5. The number of ether oxygens (including phenoxy) is 4. The first-order chi connectivity index (χ1) is 18.2. The SMILES string of the molecule is CS(=O)(=O)OCCOCCOCCOCCOc1cc2ncnc(Nc3cccc(I)c3)c2cc1[N+](=O)[O-]. The van der Waals surface area contributed by atoms with Gasteiger partial charge in [-0.3, -0.25) is 14.3 Å². The molecule has 15 heteroatoms. The second-order valence-electron chi connectivity index (χ2n) is 7.66. The number of aromatic nitrogens is 2. The quantitative estimate of drug-likeness (QED) is 0.0740. The van der Waals surface area contributed by atoms with E-state index in [0.717, 1.165) is 15.5 Å². The first-order valence-electron chi connectivity index (χ1n) is 11.4. The second kappa shape index (κ2) is 15.0. The third kappa shape index (κ3) is 10.2. The van der Waals surface area contributed by atoms with Crippen molar-refractivity contribution in [1.82, 2.24) is 9.97 Å². The van der Waals surface area contributed by atoms with Crippen molar-refractivity contribution < 1.29 is 36.5 Å². The lowest BCUT2D eigenvalue weighted by atomic mass is 10.2. The Labute approximate surface area is 233 Å². The molecule has 13 nitrogen and oxygen atoms in total. The molecule has 2 aromatic carbocycles. The highest BCUT2D eigenvalue weighted by atomic mass is 127. The summed E-state index contributed by atoms with van der Waals surface area (Å²) in [6.45, 7) is 1.58. The fraction of sp³-hybridized carbons (Fsp3) is 0.391. The predicted molar refractivity (Wildman–Crippen MR) is 147 cm³/mol. The van der Waals surface area contributed by atoms with Crippen LogP contribution in [0.4, 0.5) is 17.2 Å². The molecule has 0 fully saturated rings. The second-order valence-corrected chi connectivity index (χ2v) is 10.6. The van der Waals surface area contributed by atoms with E-state index in [-0.39, 0.29) is 44.5 Å². The van der Waals surface area contributed by atoms with Gasteiger partial charge in [0.1, 0.15) is 18.8 Å². The minimum absolute atomic E-state index is 0.0462. The molecular weight excluding hydrogens is 635 g/mol. The summed E-state index contributed by atoms with van der Waals surface area (Å²) >= 11 is 2.20. The fourth-order valence-electron chi connectivity index (χ4n) is 3.13. The fourth-order valence-corrected chi connectivity index (χ4v) is 4.04. The van der Waals surface area contributed by atoms with Crippen molar-refractivity contribution in [1.29, 1.82) is 0 Å². The molecule has 0 aliphatic carbocycles. The monoisotopic (exact) mass is 662 g/mol. The summed E-state index contributed by atoms with van der Waals surface area (Å²) in [4.78, 5) is 19.7. The minimum Gasteiger partial charge on any atom is -0.484 e. The predicted octanol–water partition coefficient (Wildman–Crippen LogP) is 3.29. The molecule has 1 aromatic heterocycles. The molecule has 3 rings (SSSR count). The van der Waals surface area contributed by atoms with E-state index in [1.807, 2.05) is 24.3 Å². The molecule has 206 valence electrons. The Morgan fingerprint density at radius 3 is 2.24 bits per heavy atom. The van der Waals surface area contributed by atoms with Crippen molar-refractivity contribution in [3.05, 3.63) is 56.4 Å². The number of hydrogen-bond acceptors (Lipinski definition) is 12. The van der Waals surface area contributed by atoms with E-state index in [1.165, 1.54) is 18.5 Å². The lowest BCUT2D eigenvalue weighted by Crippen LogP contribution is -2.14. The standard InChI is InChI=1S/C23H27IN4O9S/c1-38(31,32)37-12-10-35-8-6-33-5-7-34-9-11-36-22-15-20-19(14-21(22)28(29)30)23(26-16-25-20)27-18-4-2-3-17(24)13-18/h2-4,13-16H,5-12H2,1H3,(H,25,26,27). The van der Waals surface area contributed by atoms with Gasteiger partial charge in [0.15, 0.2) is 5.75 Å². The van der Waals surface area contributed by atoms with Crippen LogP contribution in [0.15, 0.2) is 42.7 Å². The maximum absolute atomic E-state index is 11.7. The number of nitro groups is 1. The number of nitro benzene ring substituents is 1. The van der Waals surface area contributed by atoms with Gasteiger partial charge in [-0.2, -0.15) is 8.42 Å². The molecule has 0 aliphatic rings. The first kappa shape index (κ1) is 29.9. The number of benzene rings is 2. The highest BCUT2D eigenvalue weighted by Gasteiger charge is 2.19. The number of rotatable bonds is 17. The maximum Gasteiger partial charge on any atom is 0.311 e. The van der Waals surface area contributed by atoms with E-state index in [1.54, 1.807) is 0 Å². The van der Waals surface area contributed by atoms with Crippen molar-refractivity contribution in [2.75, 3.05) is 64.4 Å². The Balaban J connectivity index is 1.43. The Kier molecular flexibility index (Phi) is 11.8. The Bertz CT molecular complexity index is 1330. The third-order valence-corrected chi connectivity index (χ3v) is 6.02. The van der Waals surface area contributed by atoms with E-state index >= 15 is 0 Å². The van der Waals surface area contributed by atoms with Crippen molar-refractivity contribution in [2.45, 2.75) is 0 Å². The molecule has 0 saturated heterocycles. The van der Waals surface area contributed by atoms with Crippen LogP contribution >= 0.6 is 22.6 Å². The van der Waals surface area contributed by atoms with Crippen LogP contribution < -0.4 is 10.1 Å². The van der Waals surface area contributed by atoms with E-state index in [4.69, 9.17) is 18.9 Å². The van der Waals surface area contributed by atoms with E-state index in [2.05, 4.69) is 42.1 Å². The van der Waals surface area contributed by atoms with Crippen LogP contribution in [0.1, 0.15) is 0 Å². The van der Waals surface area contributed by atoms with Gasteiger partial charge in [-0.1, -0.05) is 6.07 Å². The minimum atomic E-state index is -3.46. The molecule has 0 radical (unpaired) electrons. The van der Waals surface area contributed by atoms with Gasteiger partial charge in [0, 0.05) is 21.4 Å². The van der Waals surface area contributed by atoms with Crippen molar-refractivity contribution >= 4 is 60.8 Å². The maximum atomic E-state index is 11.7. The zero-order chi connectivity index (χ0) is 27.4. The molecule has 0 aliphatic heterocycles. The van der Waals surface area contributed by atoms with E-state index in [9.17, 15) is 18.5 Å². The normalized spacial score (nSPS) is 11.5.